The topological polar surface area (TPSA) is 58.0 Å². The van der Waals surface area contributed by atoms with E-state index in [2.05, 4.69) is 47.9 Å². The lowest BCUT2D eigenvalue weighted by Crippen LogP contribution is -2.48. The van der Waals surface area contributed by atoms with Crippen LogP contribution in [0.1, 0.15) is 55.5 Å². The summed E-state index contributed by atoms with van der Waals surface area (Å²) in [7, 11) is 0. The van der Waals surface area contributed by atoms with Crippen molar-refractivity contribution < 1.29 is 9.94 Å². The average Bonchev–Trinajstić information content (AvgIpc) is 2.65. The van der Waals surface area contributed by atoms with Crippen molar-refractivity contribution in [3.05, 3.63) is 58.8 Å². The highest BCUT2D eigenvalue weighted by atomic mass is 16.5. The smallest absolute Gasteiger partial charge is 0.225 e. The summed E-state index contributed by atoms with van der Waals surface area (Å²) in [6.45, 7) is 8.79. The fraction of sp³-hybridized carbons (Fsp3) is 0.455. The summed E-state index contributed by atoms with van der Waals surface area (Å²) in [5.41, 5.74) is 3.91. The Kier molecular flexibility index (Phi) is 5.99. The number of rotatable bonds is 4. The van der Waals surface area contributed by atoms with Gasteiger partial charge in [-0.15, -0.1) is 0 Å². The van der Waals surface area contributed by atoms with Gasteiger partial charge in [0, 0.05) is 17.8 Å². The molecule has 1 aliphatic rings. The molecule has 144 valence electrons. The molecule has 2 heterocycles. The Morgan fingerprint density at radius 1 is 1.15 bits per heavy atom. The zero-order chi connectivity index (χ0) is 19.4. The molecule has 0 radical (unpaired) electrons. The molecular formula is C22H29N3O2. The second-order valence-electron chi connectivity index (χ2n) is 7.48. The van der Waals surface area contributed by atoms with E-state index in [1.807, 2.05) is 31.2 Å². The van der Waals surface area contributed by atoms with Crippen LogP contribution in [0.2, 0.25) is 0 Å². The van der Waals surface area contributed by atoms with Crippen LogP contribution < -0.4 is 4.74 Å². The first kappa shape index (κ1) is 19.2. The number of nitrogens with zero attached hydrogens (tertiary/aromatic N) is 3. The summed E-state index contributed by atoms with van der Waals surface area (Å²) in [5.74, 6) is 1.05. The zero-order valence-corrected chi connectivity index (χ0v) is 16.6. The standard InChI is InChI=1S/C22H29N3O2/c1-15-8-5-6-11-19(15)14-27-22-20(13-12-16(2)23-22)21(24-26)25-17(3)9-7-10-18(25)4/h5-6,8,11-13,17-18,26H,7,9-10,14H2,1-4H3/b24-21-. The Morgan fingerprint density at radius 3 is 2.52 bits per heavy atom. The molecule has 5 nitrogen and oxygen atoms in total. The lowest BCUT2D eigenvalue weighted by molar-refractivity contribution is 0.181. The van der Waals surface area contributed by atoms with Crippen LogP contribution in [0.25, 0.3) is 0 Å². The highest BCUT2D eigenvalue weighted by Crippen LogP contribution is 2.28. The van der Waals surface area contributed by atoms with Crippen molar-refractivity contribution >= 4 is 5.84 Å². The third-order valence-corrected chi connectivity index (χ3v) is 5.40. The van der Waals surface area contributed by atoms with Gasteiger partial charge in [-0.2, -0.15) is 0 Å². The molecule has 5 heteroatoms. The Hall–Kier alpha value is -2.56. The summed E-state index contributed by atoms with van der Waals surface area (Å²) in [4.78, 5) is 6.78. The van der Waals surface area contributed by atoms with Crippen molar-refractivity contribution in [3.8, 4) is 5.88 Å². The highest BCUT2D eigenvalue weighted by molar-refractivity contribution is 6.00. The normalized spacial score (nSPS) is 20.6. The number of likely N-dealkylation sites (tertiary alicyclic amines) is 1. The molecule has 1 saturated heterocycles. The van der Waals surface area contributed by atoms with Crippen LogP contribution in [0.3, 0.4) is 0 Å². The third-order valence-electron chi connectivity index (χ3n) is 5.40. The zero-order valence-electron chi connectivity index (χ0n) is 16.6. The largest absolute Gasteiger partial charge is 0.472 e. The molecule has 0 spiro atoms. The van der Waals surface area contributed by atoms with Gasteiger partial charge in [0.25, 0.3) is 0 Å². The van der Waals surface area contributed by atoms with Gasteiger partial charge in [-0.3, -0.25) is 0 Å². The van der Waals surface area contributed by atoms with Crippen LogP contribution in [0.4, 0.5) is 0 Å². The molecule has 1 N–H and O–H groups in total. The van der Waals surface area contributed by atoms with Crippen molar-refractivity contribution in [3.63, 3.8) is 0 Å². The Bertz CT molecular complexity index is 809. The maximum Gasteiger partial charge on any atom is 0.225 e. The van der Waals surface area contributed by atoms with Gasteiger partial charge in [0.2, 0.25) is 5.88 Å². The number of ether oxygens (including phenoxy) is 1. The maximum atomic E-state index is 9.85. The summed E-state index contributed by atoms with van der Waals surface area (Å²) in [5, 5.41) is 13.5. The Balaban J connectivity index is 1.91. The molecule has 1 fully saturated rings. The van der Waals surface area contributed by atoms with Crippen molar-refractivity contribution in [2.24, 2.45) is 5.16 Å². The lowest BCUT2D eigenvalue weighted by Gasteiger charge is -2.40. The molecule has 27 heavy (non-hydrogen) atoms. The fourth-order valence-electron chi connectivity index (χ4n) is 3.81. The number of amidine groups is 1. The number of piperidine rings is 1. The molecule has 2 atom stereocenters. The van der Waals surface area contributed by atoms with Gasteiger partial charge < -0.3 is 14.8 Å². The minimum atomic E-state index is 0.310. The van der Waals surface area contributed by atoms with E-state index in [9.17, 15) is 5.21 Å². The van der Waals surface area contributed by atoms with Crippen LogP contribution >= 0.6 is 0 Å². The van der Waals surface area contributed by atoms with E-state index in [1.54, 1.807) is 0 Å². The first-order valence-corrected chi connectivity index (χ1v) is 9.67. The highest BCUT2D eigenvalue weighted by Gasteiger charge is 2.30. The Morgan fingerprint density at radius 2 is 1.85 bits per heavy atom. The van der Waals surface area contributed by atoms with E-state index >= 15 is 0 Å². The predicted octanol–water partition coefficient (Wildman–Crippen LogP) is 4.68. The van der Waals surface area contributed by atoms with Crippen molar-refractivity contribution in [2.45, 2.75) is 65.6 Å². The van der Waals surface area contributed by atoms with E-state index < -0.39 is 0 Å². The number of aromatic nitrogens is 1. The molecular weight excluding hydrogens is 338 g/mol. The van der Waals surface area contributed by atoms with E-state index in [0.29, 0.717) is 30.4 Å². The van der Waals surface area contributed by atoms with Crippen LogP contribution in [0.5, 0.6) is 5.88 Å². The molecule has 2 aromatic rings. The second kappa shape index (κ2) is 8.42. The molecule has 3 rings (SSSR count). The number of oxime groups is 1. The average molecular weight is 367 g/mol. The van der Waals surface area contributed by atoms with Crippen molar-refractivity contribution in [1.29, 1.82) is 0 Å². The van der Waals surface area contributed by atoms with E-state index in [4.69, 9.17) is 4.74 Å². The van der Waals surface area contributed by atoms with Gasteiger partial charge in [-0.05, 0) is 70.2 Å². The van der Waals surface area contributed by atoms with E-state index in [0.717, 1.165) is 29.7 Å². The second-order valence-corrected chi connectivity index (χ2v) is 7.48. The maximum absolute atomic E-state index is 9.85. The number of pyridine rings is 1. The third kappa shape index (κ3) is 4.24. The minimum absolute atomic E-state index is 0.310. The van der Waals surface area contributed by atoms with Crippen LogP contribution in [0.15, 0.2) is 41.6 Å². The fourth-order valence-corrected chi connectivity index (χ4v) is 3.81. The monoisotopic (exact) mass is 367 g/mol. The van der Waals surface area contributed by atoms with Crippen LogP contribution in [0, 0.1) is 13.8 Å². The minimum Gasteiger partial charge on any atom is -0.472 e. The molecule has 1 aliphatic heterocycles. The van der Waals surface area contributed by atoms with Gasteiger partial charge in [-0.25, -0.2) is 4.98 Å². The molecule has 0 amide bonds. The van der Waals surface area contributed by atoms with E-state index in [-0.39, 0.29) is 0 Å². The molecule has 0 aliphatic carbocycles. The lowest BCUT2D eigenvalue weighted by atomic mass is 9.96. The quantitative estimate of drug-likeness (QED) is 0.369. The van der Waals surface area contributed by atoms with Crippen LogP contribution in [-0.2, 0) is 6.61 Å². The van der Waals surface area contributed by atoms with Crippen molar-refractivity contribution in [2.75, 3.05) is 0 Å². The van der Waals surface area contributed by atoms with Gasteiger partial charge in [-0.1, -0.05) is 29.4 Å². The SMILES string of the molecule is Cc1ccc(/C(=N/O)N2C(C)CCCC2C)c(OCc2ccccc2C)n1. The molecule has 1 aromatic heterocycles. The van der Waals surface area contributed by atoms with Crippen LogP contribution in [-0.4, -0.2) is 33.0 Å². The van der Waals surface area contributed by atoms with Crippen molar-refractivity contribution in [1.82, 2.24) is 9.88 Å². The summed E-state index contributed by atoms with van der Waals surface area (Å²) in [6.07, 6.45) is 3.37. The van der Waals surface area contributed by atoms with Gasteiger partial charge >= 0.3 is 0 Å². The van der Waals surface area contributed by atoms with Gasteiger partial charge in [0.05, 0.1) is 5.56 Å². The number of benzene rings is 1. The molecule has 0 bridgehead atoms. The van der Waals surface area contributed by atoms with E-state index in [1.165, 1.54) is 12.0 Å². The van der Waals surface area contributed by atoms with Gasteiger partial charge in [0.15, 0.2) is 5.84 Å². The molecule has 2 unspecified atom stereocenters. The predicted molar refractivity (Wildman–Crippen MR) is 107 cm³/mol. The first-order chi connectivity index (χ1) is 13.0. The number of aryl methyl sites for hydroxylation is 2. The Labute approximate surface area is 161 Å². The summed E-state index contributed by atoms with van der Waals surface area (Å²) >= 11 is 0. The number of hydrogen-bond acceptors (Lipinski definition) is 4. The molecule has 0 saturated carbocycles. The number of hydrogen-bond donors (Lipinski definition) is 1. The summed E-state index contributed by atoms with van der Waals surface area (Å²) < 4.78 is 6.10. The summed E-state index contributed by atoms with van der Waals surface area (Å²) in [6, 6.07) is 12.6. The molecule has 1 aromatic carbocycles. The first-order valence-electron chi connectivity index (χ1n) is 9.67. The van der Waals surface area contributed by atoms with Gasteiger partial charge in [0.1, 0.15) is 6.61 Å².